The third-order valence-corrected chi connectivity index (χ3v) is 2.91. The lowest BCUT2D eigenvalue weighted by Gasteiger charge is -2.21. The lowest BCUT2D eigenvalue weighted by Crippen LogP contribution is -2.24. The summed E-state index contributed by atoms with van der Waals surface area (Å²) in [6.45, 7) is 3.60. The number of carboxylic acid groups (broad SMARTS) is 1. The number of hydrogen-bond acceptors (Lipinski definition) is 3. The number of carbonyl (C=O) groups excluding carboxylic acids is 1. The number of rotatable bonds is 7. The molecule has 110 valence electrons. The van der Waals surface area contributed by atoms with Crippen LogP contribution in [0.4, 0.5) is 5.69 Å². The molecular weight excluding hydrogens is 258 g/mol. The van der Waals surface area contributed by atoms with Gasteiger partial charge in [-0.2, -0.15) is 0 Å². The molecule has 0 saturated carbocycles. The number of carbonyl (C=O) groups is 2. The largest absolute Gasteiger partial charge is 0.481 e. The maximum Gasteiger partial charge on any atom is 0.303 e. The van der Waals surface area contributed by atoms with Crippen LogP contribution >= 0.6 is 0 Å². The van der Waals surface area contributed by atoms with Crippen LogP contribution in [0.25, 0.3) is 0 Å². The molecule has 0 radical (unpaired) electrons. The first-order chi connectivity index (χ1) is 9.32. The lowest BCUT2D eigenvalue weighted by molar-refractivity contribution is -0.139. The molecule has 5 heteroatoms. The van der Waals surface area contributed by atoms with E-state index in [4.69, 9.17) is 10.2 Å². The van der Waals surface area contributed by atoms with Gasteiger partial charge in [-0.3, -0.25) is 9.59 Å². The second kappa shape index (κ2) is 7.05. The summed E-state index contributed by atoms with van der Waals surface area (Å²) in [7, 11) is 0. The van der Waals surface area contributed by atoms with Gasteiger partial charge in [-0.25, -0.2) is 0 Å². The maximum atomic E-state index is 11.9. The van der Waals surface area contributed by atoms with E-state index in [-0.39, 0.29) is 25.4 Å². The van der Waals surface area contributed by atoms with Gasteiger partial charge in [0.15, 0.2) is 0 Å². The smallest absolute Gasteiger partial charge is 0.303 e. The van der Waals surface area contributed by atoms with E-state index in [1.807, 2.05) is 12.1 Å². The van der Waals surface area contributed by atoms with Crippen molar-refractivity contribution in [1.82, 2.24) is 0 Å². The van der Waals surface area contributed by atoms with Crippen molar-refractivity contribution < 1.29 is 19.8 Å². The van der Waals surface area contributed by atoms with Crippen LogP contribution in [0, 0.1) is 5.41 Å². The Hall–Kier alpha value is -1.88. The molecule has 3 N–H and O–H groups in total. The maximum absolute atomic E-state index is 11.9. The molecule has 0 aliphatic rings. The van der Waals surface area contributed by atoms with Gasteiger partial charge in [0.2, 0.25) is 5.91 Å². The van der Waals surface area contributed by atoms with Gasteiger partial charge in [-0.15, -0.1) is 0 Å². The van der Waals surface area contributed by atoms with Crippen LogP contribution in [-0.2, 0) is 16.0 Å². The summed E-state index contributed by atoms with van der Waals surface area (Å²) in [4.78, 5) is 22.6. The Morgan fingerprint density at radius 3 is 2.25 bits per heavy atom. The average molecular weight is 279 g/mol. The standard InChI is InChI=1S/C15H21NO4/c1-15(2,10-14(19)20)9-13(18)16-12-5-3-11(4-6-12)7-8-17/h3-6,17H,7-10H2,1-2H3,(H,16,18)(H,19,20). The highest BCUT2D eigenvalue weighted by Gasteiger charge is 2.25. The number of hydrogen-bond donors (Lipinski definition) is 3. The van der Waals surface area contributed by atoms with Crippen molar-refractivity contribution >= 4 is 17.6 Å². The quantitative estimate of drug-likeness (QED) is 0.713. The van der Waals surface area contributed by atoms with E-state index in [0.717, 1.165) is 5.56 Å². The summed E-state index contributed by atoms with van der Waals surface area (Å²) >= 11 is 0. The first kappa shape index (κ1) is 16.2. The van der Waals surface area contributed by atoms with Gasteiger partial charge in [0.1, 0.15) is 0 Å². The fourth-order valence-corrected chi connectivity index (χ4v) is 2.00. The predicted octanol–water partition coefficient (Wildman–Crippen LogP) is 2.05. The molecule has 0 spiro atoms. The van der Waals surface area contributed by atoms with Crippen LogP contribution in [0.5, 0.6) is 0 Å². The first-order valence-corrected chi connectivity index (χ1v) is 6.54. The number of carboxylic acids is 1. The molecular formula is C15H21NO4. The van der Waals surface area contributed by atoms with Crippen LogP contribution in [0.2, 0.25) is 0 Å². The molecule has 0 heterocycles. The third-order valence-electron chi connectivity index (χ3n) is 2.91. The number of benzene rings is 1. The number of aliphatic hydroxyl groups is 1. The second-order valence-corrected chi connectivity index (χ2v) is 5.63. The van der Waals surface area contributed by atoms with Crippen LogP contribution in [0.15, 0.2) is 24.3 Å². The van der Waals surface area contributed by atoms with Crippen LogP contribution < -0.4 is 5.32 Å². The summed E-state index contributed by atoms with van der Waals surface area (Å²) in [5, 5.41) is 20.3. The van der Waals surface area contributed by atoms with Crippen molar-refractivity contribution in [3.8, 4) is 0 Å². The molecule has 5 nitrogen and oxygen atoms in total. The molecule has 0 bridgehead atoms. The van der Waals surface area contributed by atoms with E-state index in [1.165, 1.54) is 0 Å². The molecule has 0 aliphatic heterocycles. The van der Waals surface area contributed by atoms with Crippen molar-refractivity contribution in [2.75, 3.05) is 11.9 Å². The summed E-state index contributed by atoms with van der Waals surface area (Å²) < 4.78 is 0. The SMILES string of the molecule is CC(C)(CC(=O)O)CC(=O)Nc1ccc(CCO)cc1. The molecule has 0 aliphatic carbocycles. The molecule has 0 unspecified atom stereocenters. The first-order valence-electron chi connectivity index (χ1n) is 6.54. The summed E-state index contributed by atoms with van der Waals surface area (Å²) in [5.74, 6) is -1.11. The molecule has 0 atom stereocenters. The van der Waals surface area contributed by atoms with Gasteiger partial charge in [-0.1, -0.05) is 26.0 Å². The van der Waals surface area contributed by atoms with Crippen molar-refractivity contribution in [3.05, 3.63) is 29.8 Å². The minimum Gasteiger partial charge on any atom is -0.481 e. The minimum atomic E-state index is -0.906. The topological polar surface area (TPSA) is 86.6 Å². The summed E-state index contributed by atoms with van der Waals surface area (Å²) in [6, 6.07) is 7.22. The Labute approximate surface area is 118 Å². The third kappa shape index (κ3) is 5.84. The predicted molar refractivity (Wildman–Crippen MR) is 76.5 cm³/mol. The monoisotopic (exact) mass is 279 g/mol. The van der Waals surface area contributed by atoms with Crippen LogP contribution in [0.1, 0.15) is 32.3 Å². The lowest BCUT2D eigenvalue weighted by atomic mass is 9.85. The Morgan fingerprint density at radius 2 is 1.75 bits per heavy atom. The molecule has 1 aromatic carbocycles. The van der Waals surface area contributed by atoms with E-state index < -0.39 is 11.4 Å². The Morgan fingerprint density at radius 1 is 1.15 bits per heavy atom. The van der Waals surface area contributed by atoms with E-state index in [9.17, 15) is 9.59 Å². The molecule has 20 heavy (non-hydrogen) atoms. The van der Waals surface area contributed by atoms with E-state index in [1.54, 1.807) is 26.0 Å². The highest BCUT2D eigenvalue weighted by atomic mass is 16.4. The van der Waals surface area contributed by atoms with Gasteiger partial charge in [0.25, 0.3) is 0 Å². The minimum absolute atomic E-state index is 0.0458. The molecule has 0 fully saturated rings. The van der Waals surface area contributed by atoms with Crippen LogP contribution in [0.3, 0.4) is 0 Å². The summed E-state index contributed by atoms with van der Waals surface area (Å²) in [5.41, 5.74) is 1.09. The van der Waals surface area contributed by atoms with Gasteiger partial charge >= 0.3 is 5.97 Å². The van der Waals surface area contributed by atoms with Crippen LogP contribution in [-0.4, -0.2) is 28.7 Å². The number of aliphatic hydroxyl groups excluding tert-OH is 1. The number of nitrogens with one attached hydrogen (secondary N) is 1. The van der Waals surface area contributed by atoms with E-state index in [2.05, 4.69) is 5.32 Å². The molecule has 0 saturated heterocycles. The zero-order valence-electron chi connectivity index (χ0n) is 11.8. The van der Waals surface area contributed by atoms with Crippen molar-refractivity contribution in [1.29, 1.82) is 0 Å². The Kier molecular flexibility index (Phi) is 5.70. The van der Waals surface area contributed by atoms with Crippen molar-refractivity contribution in [2.24, 2.45) is 5.41 Å². The highest BCUT2D eigenvalue weighted by Crippen LogP contribution is 2.25. The number of anilines is 1. The molecule has 1 amide bonds. The molecule has 1 aromatic rings. The van der Waals surface area contributed by atoms with Crippen molar-refractivity contribution in [2.45, 2.75) is 33.1 Å². The number of aliphatic carboxylic acids is 1. The zero-order valence-corrected chi connectivity index (χ0v) is 11.8. The van der Waals surface area contributed by atoms with Gasteiger partial charge in [0, 0.05) is 18.7 Å². The average Bonchev–Trinajstić information content (AvgIpc) is 2.29. The fraction of sp³-hybridized carbons (Fsp3) is 0.467. The van der Waals surface area contributed by atoms with E-state index >= 15 is 0 Å². The van der Waals surface area contributed by atoms with Crippen molar-refractivity contribution in [3.63, 3.8) is 0 Å². The number of amides is 1. The van der Waals surface area contributed by atoms with Gasteiger partial charge in [-0.05, 0) is 29.5 Å². The summed E-state index contributed by atoms with van der Waals surface area (Å²) in [6.07, 6.45) is 0.688. The van der Waals surface area contributed by atoms with E-state index in [0.29, 0.717) is 12.1 Å². The Bertz CT molecular complexity index is 465. The van der Waals surface area contributed by atoms with Gasteiger partial charge in [0.05, 0.1) is 6.42 Å². The fourth-order valence-electron chi connectivity index (χ4n) is 2.00. The molecule has 0 aromatic heterocycles. The molecule has 1 rings (SSSR count). The Balaban J connectivity index is 2.55. The second-order valence-electron chi connectivity index (χ2n) is 5.63. The normalized spacial score (nSPS) is 11.2. The van der Waals surface area contributed by atoms with Gasteiger partial charge < -0.3 is 15.5 Å². The highest BCUT2D eigenvalue weighted by molar-refractivity contribution is 5.91. The zero-order chi connectivity index (χ0) is 15.2.